The molecule has 8 heteroatoms. The molecule has 1 aliphatic rings. The van der Waals surface area contributed by atoms with E-state index in [4.69, 9.17) is 4.52 Å². The number of hydrogen-bond acceptors (Lipinski definition) is 5. The Labute approximate surface area is 178 Å². The molecule has 156 valence electrons. The summed E-state index contributed by atoms with van der Waals surface area (Å²) < 4.78 is 21.7. The molecule has 0 spiro atoms. The third kappa shape index (κ3) is 3.11. The van der Waals surface area contributed by atoms with Crippen LogP contribution in [-0.2, 0) is 12.0 Å². The monoisotopic (exact) mass is 417 g/mol. The fraction of sp³-hybridized carbons (Fsp3) is 0.217. The summed E-state index contributed by atoms with van der Waals surface area (Å²) in [6.45, 7) is 6.15. The molecule has 5 rings (SSSR count). The first-order valence-corrected chi connectivity index (χ1v) is 9.91. The second-order valence-corrected chi connectivity index (χ2v) is 8.44. The van der Waals surface area contributed by atoms with Gasteiger partial charge >= 0.3 is 0 Å². The van der Waals surface area contributed by atoms with E-state index in [0.29, 0.717) is 23.1 Å². The van der Waals surface area contributed by atoms with Crippen molar-refractivity contribution < 1.29 is 13.7 Å². The number of carbonyl (C=O) groups is 1. The van der Waals surface area contributed by atoms with Crippen molar-refractivity contribution in [1.29, 1.82) is 0 Å². The lowest BCUT2D eigenvalue weighted by atomic mass is 9.97. The standard InChI is InChI=1S/C23H20FN5O2/c1-23(2,3)22-26-20(27-31-22)19-18-12-28(21(30)14-8-4-5-9-15(14)24)16-10-6-7-11-17(16)29(18)13-25-19/h4-11,13H,12H2,1-3H3. The Balaban J connectivity index is 1.62. The largest absolute Gasteiger partial charge is 0.338 e. The van der Waals surface area contributed by atoms with E-state index in [1.807, 2.05) is 49.6 Å². The van der Waals surface area contributed by atoms with Crippen LogP contribution < -0.4 is 4.90 Å². The van der Waals surface area contributed by atoms with Gasteiger partial charge in [0.15, 0.2) is 0 Å². The summed E-state index contributed by atoms with van der Waals surface area (Å²) in [5.41, 5.74) is 2.42. The number of benzene rings is 2. The normalized spacial score (nSPS) is 13.1. The number of aromatic nitrogens is 4. The minimum absolute atomic E-state index is 0.0152. The zero-order valence-corrected chi connectivity index (χ0v) is 17.3. The highest BCUT2D eigenvalue weighted by Gasteiger charge is 2.32. The average Bonchev–Trinajstić information content (AvgIpc) is 3.40. The van der Waals surface area contributed by atoms with Gasteiger partial charge in [0.05, 0.1) is 29.2 Å². The maximum absolute atomic E-state index is 14.4. The van der Waals surface area contributed by atoms with Gasteiger partial charge in [-0.25, -0.2) is 9.37 Å². The number of fused-ring (bicyclic) bond motifs is 3. The Morgan fingerprint density at radius 2 is 1.77 bits per heavy atom. The first-order chi connectivity index (χ1) is 14.8. The van der Waals surface area contributed by atoms with Crippen LogP contribution in [-0.4, -0.2) is 25.6 Å². The quantitative estimate of drug-likeness (QED) is 0.479. The number of hydrogen-bond donors (Lipinski definition) is 0. The number of anilines is 1. The molecule has 0 aliphatic carbocycles. The van der Waals surface area contributed by atoms with Crippen molar-refractivity contribution in [3.05, 3.63) is 77.8 Å². The van der Waals surface area contributed by atoms with Gasteiger partial charge < -0.3 is 9.42 Å². The molecule has 1 amide bonds. The third-order valence-corrected chi connectivity index (χ3v) is 5.24. The molecule has 0 saturated carbocycles. The molecule has 0 unspecified atom stereocenters. The van der Waals surface area contributed by atoms with E-state index in [1.165, 1.54) is 12.1 Å². The number of rotatable bonds is 2. The second kappa shape index (κ2) is 6.87. The van der Waals surface area contributed by atoms with Crippen molar-refractivity contribution in [2.45, 2.75) is 32.7 Å². The first-order valence-electron chi connectivity index (χ1n) is 9.91. The molecule has 1 aliphatic heterocycles. The number of imidazole rings is 1. The number of carbonyl (C=O) groups excluding carboxylic acids is 1. The maximum Gasteiger partial charge on any atom is 0.261 e. The van der Waals surface area contributed by atoms with Gasteiger partial charge in [-0.1, -0.05) is 50.2 Å². The van der Waals surface area contributed by atoms with Gasteiger partial charge in [0, 0.05) is 5.41 Å². The van der Waals surface area contributed by atoms with Crippen LogP contribution in [0.15, 0.2) is 59.4 Å². The van der Waals surface area contributed by atoms with E-state index in [1.54, 1.807) is 23.4 Å². The Bertz CT molecular complexity index is 1300. The summed E-state index contributed by atoms with van der Waals surface area (Å²) in [5, 5.41) is 4.11. The van der Waals surface area contributed by atoms with Crippen molar-refractivity contribution in [2.24, 2.45) is 0 Å². The minimum Gasteiger partial charge on any atom is -0.338 e. The Morgan fingerprint density at radius 1 is 1.06 bits per heavy atom. The molecule has 2 aromatic carbocycles. The lowest BCUT2D eigenvalue weighted by Crippen LogP contribution is -2.35. The summed E-state index contributed by atoms with van der Waals surface area (Å²) >= 11 is 0. The van der Waals surface area contributed by atoms with E-state index >= 15 is 0 Å². The molecule has 7 nitrogen and oxygen atoms in total. The van der Waals surface area contributed by atoms with E-state index in [-0.39, 0.29) is 17.5 Å². The molecule has 3 heterocycles. The van der Waals surface area contributed by atoms with Gasteiger partial charge in [0.1, 0.15) is 17.8 Å². The molecule has 0 radical (unpaired) electrons. The van der Waals surface area contributed by atoms with Crippen LogP contribution in [0.3, 0.4) is 0 Å². The minimum atomic E-state index is -0.558. The summed E-state index contributed by atoms with van der Waals surface area (Å²) in [6.07, 6.45) is 1.68. The van der Waals surface area contributed by atoms with Crippen LogP contribution in [0.2, 0.25) is 0 Å². The summed E-state index contributed by atoms with van der Waals surface area (Å²) in [7, 11) is 0. The third-order valence-electron chi connectivity index (χ3n) is 5.24. The van der Waals surface area contributed by atoms with Crippen molar-refractivity contribution in [2.75, 3.05) is 4.90 Å². The highest BCUT2D eigenvalue weighted by atomic mass is 19.1. The molecule has 31 heavy (non-hydrogen) atoms. The fourth-order valence-corrected chi connectivity index (χ4v) is 3.64. The lowest BCUT2D eigenvalue weighted by molar-refractivity contribution is 0.0980. The fourth-order valence-electron chi connectivity index (χ4n) is 3.64. The van der Waals surface area contributed by atoms with Crippen LogP contribution in [0.1, 0.15) is 42.7 Å². The Hall–Kier alpha value is -3.81. The summed E-state index contributed by atoms with van der Waals surface area (Å²) in [4.78, 5) is 23.9. The van der Waals surface area contributed by atoms with Crippen molar-refractivity contribution in [3.63, 3.8) is 0 Å². The van der Waals surface area contributed by atoms with Gasteiger partial charge in [0.2, 0.25) is 11.7 Å². The zero-order valence-electron chi connectivity index (χ0n) is 17.3. The Kier molecular flexibility index (Phi) is 4.25. The molecule has 4 aromatic rings. The average molecular weight is 417 g/mol. The van der Waals surface area contributed by atoms with Gasteiger partial charge in [0.25, 0.3) is 5.91 Å². The van der Waals surface area contributed by atoms with E-state index in [9.17, 15) is 9.18 Å². The van der Waals surface area contributed by atoms with E-state index in [0.717, 1.165) is 11.4 Å². The first kappa shape index (κ1) is 19.2. The van der Waals surface area contributed by atoms with Gasteiger partial charge in [-0.15, -0.1) is 0 Å². The number of halogens is 1. The van der Waals surface area contributed by atoms with Crippen molar-refractivity contribution in [1.82, 2.24) is 19.7 Å². The van der Waals surface area contributed by atoms with Crippen LogP contribution in [0, 0.1) is 5.82 Å². The van der Waals surface area contributed by atoms with Gasteiger partial charge in [-0.2, -0.15) is 4.98 Å². The summed E-state index contributed by atoms with van der Waals surface area (Å²) in [5.74, 6) is -0.124. The van der Waals surface area contributed by atoms with Crippen LogP contribution in [0.4, 0.5) is 10.1 Å². The van der Waals surface area contributed by atoms with Gasteiger partial charge in [-0.3, -0.25) is 9.36 Å². The molecule has 0 saturated heterocycles. The number of amides is 1. The smallest absolute Gasteiger partial charge is 0.261 e. The highest BCUT2D eigenvalue weighted by Crippen LogP contribution is 2.36. The predicted octanol–water partition coefficient (Wildman–Crippen LogP) is 4.52. The van der Waals surface area contributed by atoms with Crippen molar-refractivity contribution in [3.8, 4) is 17.2 Å². The Morgan fingerprint density at radius 3 is 2.48 bits per heavy atom. The zero-order chi connectivity index (χ0) is 21.8. The lowest BCUT2D eigenvalue weighted by Gasteiger charge is -2.31. The highest BCUT2D eigenvalue weighted by molar-refractivity contribution is 6.07. The molecular weight excluding hydrogens is 397 g/mol. The predicted molar refractivity (Wildman–Crippen MR) is 112 cm³/mol. The van der Waals surface area contributed by atoms with E-state index < -0.39 is 11.7 Å². The molecule has 0 N–H and O–H groups in total. The molecule has 0 bridgehead atoms. The number of para-hydroxylation sites is 2. The topological polar surface area (TPSA) is 77.1 Å². The second-order valence-electron chi connectivity index (χ2n) is 8.44. The number of nitrogens with zero attached hydrogens (tertiary/aromatic N) is 5. The molecular formula is C23H20FN5O2. The van der Waals surface area contributed by atoms with Crippen LogP contribution in [0.5, 0.6) is 0 Å². The van der Waals surface area contributed by atoms with E-state index in [2.05, 4.69) is 15.1 Å². The van der Waals surface area contributed by atoms with Crippen LogP contribution >= 0.6 is 0 Å². The SMILES string of the molecule is CC(C)(C)c1nc(-c2ncn3c2CN(C(=O)c2ccccc2F)c2ccccc2-3)no1. The van der Waals surface area contributed by atoms with Crippen molar-refractivity contribution >= 4 is 11.6 Å². The van der Waals surface area contributed by atoms with Gasteiger partial charge in [-0.05, 0) is 24.3 Å². The van der Waals surface area contributed by atoms with Crippen LogP contribution in [0.25, 0.3) is 17.2 Å². The molecule has 0 fully saturated rings. The summed E-state index contributed by atoms with van der Waals surface area (Å²) in [6, 6.07) is 13.4. The maximum atomic E-state index is 14.4. The molecule has 0 atom stereocenters. The molecule has 2 aromatic heterocycles.